The van der Waals surface area contributed by atoms with Gasteiger partial charge in [-0.3, -0.25) is 0 Å². The maximum atomic E-state index is 9.79. The van der Waals surface area contributed by atoms with Gasteiger partial charge in [0.2, 0.25) is 0 Å². The predicted molar refractivity (Wildman–Crippen MR) is 60.4 cm³/mol. The van der Waals surface area contributed by atoms with Crippen LogP contribution in [0.25, 0.3) is 0 Å². The zero-order valence-electron chi connectivity index (χ0n) is 9.01. The quantitative estimate of drug-likeness (QED) is 0.789. The molecule has 0 aliphatic rings. The summed E-state index contributed by atoms with van der Waals surface area (Å²) in [6.45, 7) is 4.00. The number of H-pyrrole nitrogens is 1. The van der Waals surface area contributed by atoms with Crippen LogP contribution in [0.15, 0.2) is 42.7 Å². The van der Waals surface area contributed by atoms with Crippen LogP contribution in [-0.2, 0) is 0 Å². The Bertz CT molecular complexity index is 356. The van der Waals surface area contributed by atoms with Crippen LogP contribution in [-0.4, -0.2) is 15.1 Å². The van der Waals surface area contributed by atoms with Crippen molar-refractivity contribution in [2.24, 2.45) is 0 Å². The van der Waals surface area contributed by atoms with Gasteiger partial charge in [0, 0.05) is 12.4 Å². The summed E-state index contributed by atoms with van der Waals surface area (Å²) in [6, 6.07) is 9.43. The largest absolute Gasteiger partial charge is 0.380 e. The molecule has 15 heavy (non-hydrogen) atoms. The van der Waals surface area contributed by atoms with E-state index in [2.05, 4.69) is 9.97 Å². The molecule has 0 saturated carbocycles. The van der Waals surface area contributed by atoms with Crippen LogP contribution in [0.3, 0.4) is 0 Å². The predicted octanol–water partition coefficient (Wildman–Crippen LogP) is 2.52. The Labute approximate surface area is 89.8 Å². The molecule has 3 nitrogen and oxygen atoms in total. The highest BCUT2D eigenvalue weighted by Gasteiger charge is 2.10. The maximum absolute atomic E-state index is 9.79. The molecule has 1 aromatic heterocycles. The summed E-state index contributed by atoms with van der Waals surface area (Å²) in [6.07, 6.45) is 2.67. The maximum Gasteiger partial charge on any atom is 0.139 e. The summed E-state index contributed by atoms with van der Waals surface area (Å²) in [5, 5.41) is 9.79. The van der Waals surface area contributed by atoms with E-state index in [1.807, 2.05) is 44.2 Å². The number of nitrogens with one attached hydrogen (secondary N) is 1. The lowest BCUT2D eigenvalue weighted by atomic mass is 10.1. The number of imidazole rings is 1. The minimum Gasteiger partial charge on any atom is -0.380 e. The Hall–Kier alpha value is -1.61. The van der Waals surface area contributed by atoms with Gasteiger partial charge in [-0.15, -0.1) is 0 Å². The number of aliphatic hydroxyl groups is 1. The molecule has 0 fully saturated rings. The van der Waals surface area contributed by atoms with Gasteiger partial charge in [-0.25, -0.2) is 4.98 Å². The van der Waals surface area contributed by atoms with Crippen molar-refractivity contribution in [3.8, 4) is 0 Å². The number of aromatic amines is 1. The highest BCUT2D eigenvalue weighted by Crippen LogP contribution is 2.17. The SMILES string of the molecule is CC.OC(c1ccccc1)c1ncc[nH]1. The van der Waals surface area contributed by atoms with Gasteiger partial charge < -0.3 is 10.1 Å². The van der Waals surface area contributed by atoms with Crippen molar-refractivity contribution in [2.75, 3.05) is 0 Å². The molecule has 1 atom stereocenters. The molecule has 2 rings (SSSR count). The highest BCUT2D eigenvalue weighted by atomic mass is 16.3. The van der Waals surface area contributed by atoms with E-state index < -0.39 is 6.10 Å². The molecule has 2 N–H and O–H groups in total. The minimum atomic E-state index is -0.656. The Kier molecular flexibility index (Phi) is 4.57. The fourth-order valence-corrected chi connectivity index (χ4v) is 1.22. The van der Waals surface area contributed by atoms with E-state index in [1.165, 1.54) is 0 Å². The van der Waals surface area contributed by atoms with Gasteiger partial charge in [-0.1, -0.05) is 44.2 Å². The molecule has 0 radical (unpaired) electrons. The third-order valence-corrected chi connectivity index (χ3v) is 1.89. The van der Waals surface area contributed by atoms with Crippen molar-refractivity contribution in [3.05, 3.63) is 54.1 Å². The van der Waals surface area contributed by atoms with Crippen LogP contribution >= 0.6 is 0 Å². The lowest BCUT2D eigenvalue weighted by molar-refractivity contribution is 0.211. The normalized spacial score (nSPS) is 11.4. The third-order valence-electron chi connectivity index (χ3n) is 1.89. The molecule has 0 aliphatic heterocycles. The summed E-state index contributed by atoms with van der Waals surface area (Å²) in [5.74, 6) is 0.575. The average Bonchev–Trinajstić information content (AvgIpc) is 2.85. The van der Waals surface area contributed by atoms with Gasteiger partial charge in [0.15, 0.2) is 0 Å². The summed E-state index contributed by atoms with van der Waals surface area (Å²) in [4.78, 5) is 6.86. The Morgan fingerprint density at radius 1 is 1.20 bits per heavy atom. The number of hydrogen-bond acceptors (Lipinski definition) is 2. The Balaban J connectivity index is 0.000000531. The van der Waals surface area contributed by atoms with Crippen molar-refractivity contribution in [1.29, 1.82) is 0 Å². The van der Waals surface area contributed by atoms with E-state index in [-0.39, 0.29) is 0 Å². The van der Waals surface area contributed by atoms with Crippen LogP contribution in [0.2, 0.25) is 0 Å². The molecular formula is C12H16N2O. The summed E-state index contributed by atoms with van der Waals surface area (Å²) in [5.41, 5.74) is 0.845. The number of benzene rings is 1. The van der Waals surface area contributed by atoms with Crippen molar-refractivity contribution in [3.63, 3.8) is 0 Å². The summed E-state index contributed by atoms with van der Waals surface area (Å²) in [7, 11) is 0. The highest BCUT2D eigenvalue weighted by molar-refractivity contribution is 5.22. The monoisotopic (exact) mass is 204 g/mol. The molecule has 0 saturated heterocycles. The van der Waals surface area contributed by atoms with E-state index in [4.69, 9.17) is 0 Å². The standard InChI is InChI=1S/C10H10N2O.C2H6/c13-9(10-11-6-7-12-10)8-4-2-1-3-5-8;1-2/h1-7,9,13H,(H,11,12);1-2H3. The molecule has 0 bridgehead atoms. The minimum absolute atomic E-state index is 0.575. The number of aromatic nitrogens is 2. The van der Waals surface area contributed by atoms with Crippen LogP contribution in [0.4, 0.5) is 0 Å². The van der Waals surface area contributed by atoms with Crippen molar-refractivity contribution >= 4 is 0 Å². The molecule has 80 valence electrons. The van der Waals surface area contributed by atoms with Gasteiger partial charge in [-0.05, 0) is 5.56 Å². The van der Waals surface area contributed by atoms with Gasteiger partial charge in [-0.2, -0.15) is 0 Å². The topological polar surface area (TPSA) is 48.9 Å². The molecule has 1 heterocycles. The van der Waals surface area contributed by atoms with E-state index in [1.54, 1.807) is 12.4 Å². The summed E-state index contributed by atoms with van der Waals surface area (Å²) < 4.78 is 0. The molecule has 0 amide bonds. The van der Waals surface area contributed by atoms with Crippen LogP contribution in [0.1, 0.15) is 31.3 Å². The van der Waals surface area contributed by atoms with Crippen LogP contribution < -0.4 is 0 Å². The molecule has 0 aliphatic carbocycles. The Morgan fingerprint density at radius 2 is 1.87 bits per heavy atom. The number of nitrogens with zero attached hydrogens (tertiary/aromatic N) is 1. The van der Waals surface area contributed by atoms with Gasteiger partial charge in [0.1, 0.15) is 11.9 Å². The molecule has 3 heteroatoms. The zero-order valence-corrected chi connectivity index (χ0v) is 9.01. The first kappa shape index (κ1) is 11.5. The fourth-order valence-electron chi connectivity index (χ4n) is 1.22. The van der Waals surface area contributed by atoms with Crippen LogP contribution in [0, 0.1) is 0 Å². The third kappa shape index (κ3) is 2.92. The van der Waals surface area contributed by atoms with Crippen molar-refractivity contribution in [1.82, 2.24) is 9.97 Å². The second kappa shape index (κ2) is 5.98. The number of rotatable bonds is 2. The fraction of sp³-hybridized carbons (Fsp3) is 0.250. The second-order valence-electron chi connectivity index (χ2n) is 2.79. The molecular weight excluding hydrogens is 188 g/mol. The lowest BCUT2D eigenvalue weighted by Crippen LogP contribution is -2.00. The first-order valence-corrected chi connectivity index (χ1v) is 5.10. The first-order chi connectivity index (χ1) is 7.38. The zero-order chi connectivity index (χ0) is 11.1. The number of aliphatic hydroxyl groups excluding tert-OH is 1. The van der Waals surface area contributed by atoms with Gasteiger partial charge in [0.25, 0.3) is 0 Å². The van der Waals surface area contributed by atoms with E-state index in [0.29, 0.717) is 5.82 Å². The van der Waals surface area contributed by atoms with E-state index in [9.17, 15) is 5.11 Å². The Morgan fingerprint density at radius 3 is 2.40 bits per heavy atom. The van der Waals surface area contributed by atoms with E-state index >= 15 is 0 Å². The van der Waals surface area contributed by atoms with Crippen molar-refractivity contribution in [2.45, 2.75) is 20.0 Å². The van der Waals surface area contributed by atoms with Gasteiger partial charge >= 0.3 is 0 Å². The molecule has 1 aromatic carbocycles. The lowest BCUT2D eigenvalue weighted by Gasteiger charge is -2.06. The molecule has 1 unspecified atom stereocenters. The molecule has 0 spiro atoms. The average molecular weight is 204 g/mol. The molecule has 2 aromatic rings. The first-order valence-electron chi connectivity index (χ1n) is 5.10. The van der Waals surface area contributed by atoms with Crippen molar-refractivity contribution < 1.29 is 5.11 Å². The summed E-state index contributed by atoms with van der Waals surface area (Å²) >= 11 is 0. The number of hydrogen-bond donors (Lipinski definition) is 2. The van der Waals surface area contributed by atoms with E-state index in [0.717, 1.165) is 5.56 Å². The van der Waals surface area contributed by atoms with Crippen LogP contribution in [0.5, 0.6) is 0 Å². The second-order valence-corrected chi connectivity index (χ2v) is 2.79. The smallest absolute Gasteiger partial charge is 0.139 e. The van der Waals surface area contributed by atoms with Gasteiger partial charge in [0.05, 0.1) is 0 Å².